The molecule has 0 unspecified atom stereocenters. The number of nitrogens with two attached hydrogens (primary N) is 1. The molecule has 0 atom stereocenters. The van der Waals surface area contributed by atoms with E-state index in [-0.39, 0.29) is 5.75 Å². The maximum absolute atomic E-state index is 10.6. The second kappa shape index (κ2) is 5.95. The average Bonchev–Trinajstić information content (AvgIpc) is 2.49. The van der Waals surface area contributed by atoms with Crippen molar-refractivity contribution in [3.05, 3.63) is 20.8 Å². The number of rotatable bonds is 6. The van der Waals surface area contributed by atoms with Crippen LogP contribution in [-0.2, 0) is 16.6 Å². The first-order chi connectivity index (χ1) is 6.97. The summed E-state index contributed by atoms with van der Waals surface area (Å²) >= 11 is 5.01. The van der Waals surface area contributed by atoms with E-state index in [1.54, 1.807) is 11.3 Å². The third-order valence-corrected chi connectivity index (χ3v) is 4.14. The SMILES string of the molecule is NS(=O)(=O)CCCNCc1csc(Br)c1. The summed E-state index contributed by atoms with van der Waals surface area (Å²) in [6.45, 7) is 1.41. The van der Waals surface area contributed by atoms with E-state index in [0.29, 0.717) is 13.0 Å². The van der Waals surface area contributed by atoms with Gasteiger partial charge in [0.15, 0.2) is 0 Å². The third kappa shape index (κ3) is 6.26. The molecule has 1 heterocycles. The van der Waals surface area contributed by atoms with Crippen molar-refractivity contribution in [2.24, 2.45) is 5.14 Å². The van der Waals surface area contributed by atoms with Crippen LogP contribution in [0.25, 0.3) is 0 Å². The molecule has 1 aromatic rings. The minimum Gasteiger partial charge on any atom is -0.313 e. The van der Waals surface area contributed by atoms with Gasteiger partial charge >= 0.3 is 0 Å². The van der Waals surface area contributed by atoms with Crippen molar-refractivity contribution in [3.8, 4) is 0 Å². The summed E-state index contributed by atoms with van der Waals surface area (Å²) in [5.41, 5.74) is 1.20. The summed E-state index contributed by atoms with van der Waals surface area (Å²) in [6.07, 6.45) is 0.546. The van der Waals surface area contributed by atoms with Crippen molar-refractivity contribution >= 4 is 37.3 Å². The van der Waals surface area contributed by atoms with Crippen molar-refractivity contribution in [3.63, 3.8) is 0 Å². The van der Waals surface area contributed by atoms with Crippen LogP contribution in [0.3, 0.4) is 0 Å². The Morgan fingerprint density at radius 3 is 2.80 bits per heavy atom. The predicted molar refractivity (Wildman–Crippen MR) is 66.3 cm³/mol. The highest BCUT2D eigenvalue weighted by Crippen LogP contribution is 2.20. The lowest BCUT2D eigenvalue weighted by Crippen LogP contribution is -2.21. The monoisotopic (exact) mass is 312 g/mol. The molecule has 0 saturated heterocycles. The molecule has 1 rings (SSSR count). The highest BCUT2D eigenvalue weighted by atomic mass is 79.9. The lowest BCUT2D eigenvalue weighted by atomic mass is 10.3. The van der Waals surface area contributed by atoms with Crippen LogP contribution < -0.4 is 10.5 Å². The van der Waals surface area contributed by atoms with Crippen molar-refractivity contribution in [2.75, 3.05) is 12.3 Å². The Labute approximate surface area is 102 Å². The molecule has 0 spiro atoms. The molecule has 1 aromatic heterocycles. The van der Waals surface area contributed by atoms with Gasteiger partial charge in [0.05, 0.1) is 9.54 Å². The van der Waals surface area contributed by atoms with Gasteiger partial charge in [-0.15, -0.1) is 11.3 Å². The van der Waals surface area contributed by atoms with Crippen LogP contribution in [0.5, 0.6) is 0 Å². The van der Waals surface area contributed by atoms with E-state index < -0.39 is 10.0 Å². The summed E-state index contributed by atoms with van der Waals surface area (Å²) in [4.78, 5) is 0. The fraction of sp³-hybridized carbons (Fsp3) is 0.500. The van der Waals surface area contributed by atoms with Crippen LogP contribution in [0.1, 0.15) is 12.0 Å². The summed E-state index contributed by atoms with van der Waals surface area (Å²) in [5, 5.41) is 10.1. The Morgan fingerprint density at radius 1 is 1.53 bits per heavy atom. The van der Waals surface area contributed by atoms with Gasteiger partial charge in [0.25, 0.3) is 0 Å². The Morgan fingerprint density at radius 2 is 2.27 bits per heavy atom. The van der Waals surface area contributed by atoms with E-state index in [0.717, 1.165) is 10.3 Å². The van der Waals surface area contributed by atoms with Crippen LogP contribution in [-0.4, -0.2) is 20.7 Å². The Balaban J connectivity index is 2.12. The van der Waals surface area contributed by atoms with Gasteiger partial charge in [-0.1, -0.05) is 0 Å². The number of primary sulfonamides is 1. The lowest BCUT2D eigenvalue weighted by Gasteiger charge is -2.01. The fourth-order valence-electron chi connectivity index (χ4n) is 1.07. The molecular weight excluding hydrogens is 300 g/mol. The Hall–Kier alpha value is 0.0500. The molecular formula is C8H13BrN2O2S2. The maximum atomic E-state index is 10.6. The molecule has 0 saturated carbocycles. The molecule has 3 N–H and O–H groups in total. The van der Waals surface area contributed by atoms with E-state index in [1.165, 1.54) is 5.56 Å². The molecule has 0 aliphatic carbocycles. The van der Waals surface area contributed by atoms with Gasteiger partial charge in [0, 0.05) is 6.54 Å². The first-order valence-corrected chi connectivity index (χ1v) is 7.80. The summed E-state index contributed by atoms with van der Waals surface area (Å²) in [7, 11) is -3.31. The molecule has 0 amide bonds. The number of halogens is 1. The second-order valence-corrected chi connectivity index (χ2v) is 7.18. The molecule has 0 aliphatic rings. The van der Waals surface area contributed by atoms with Gasteiger partial charge in [0.2, 0.25) is 10.0 Å². The van der Waals surface area contributed by atoms with E-state index in [2.05, 4.69) is 26.6 Å². The topological polar surface area (TPSA) is 72.2 Å². The van der Waals surface area contributed by atoms with Crippen LogP contribution in [0.15, 0.2) is 15.2 Å². The van der Waals surface area contributed by atoms with E-state index in [4.69, 9.17) is 5.14 Å². The number of nitrogens with one attached hydrogen (secondary N) is 1. The van der Waals surface area contributed by atoms with Gasteiger partial charge in [-0.25, -0.2) is 13.6 Å². The zero-order valence-electron chi connectivity index (χ0n) is 8.07. The molecule has 0 aliphatic heterocycles. The maximum Gasteiger partial charge on any atom is 0.209 e. The largest absolute Gasteiger partial charge is 0.313 e. The number of sulfonamides is 1. The van der Waals surface area contributed by atoms with Gasteiger partial charge in [0.1, 0.15) is 0 Å². The number of hydrogen-bond donors (Lipinski definition) is 2. The van der Waals surface area contributed by atoms with E-state index >= 15 is 0 Å². The minimum atomic E-state index is -3.31. The fourth-order valence-corrected chi connectivity index (χ4v) is 2.83. The number of thiophene rings is 1. The van der Waals surface area contributed by atoms with Crippen molar-refractivity contribution in [1.29, 1.82) is 0 Å². The smallest absolute Gasteiger partial charge is 0.209 e. The number of hydrogen-bond acceptors (Lipinski definition) is 4. The third-order valence-electron chi connectivity index (χ3n) is 1.73. The predicted octanol–water partition coefficient (Wildman–Crippen LogP) is 1.28. The highest BCUT2D eigenvalue weighted by molar-refractivity contribution is 9.11. The molecule has 86 valence electrons. The highest BCUT2D eigenvalue weighted by Gasteiger charge is 2.01. The molecule has 15 heavy (non-hydrogen) atoms. The van der Waals surface area contributed by atoms with Crippen molar-refractivity contribution in [1.82, 2.24) is 5.32 Å². The first kappa shape index (κ1) is 13.1. The summed E-state index contributed by atoms with van der Waals surface area (Å²) in [6, 6.07) is 2.04. The zero-order valence-corrected chi connectivity index (χ0v) is 11.3. The average molecular weight is 313 g/mol. The molecule has 0 bridgehead atoms. The van der Waals surface area contributed by atoms with Crippen LogP contribution in [0.4, 0.5) is 0 Å². The zero-order chi connectivity index (χ0) is 11.3. The first-order valence-electron chi connectivity index (χ1n) is 4.41. The van der Waals surface area contributed by atoms with Crippen LogP contribution in [0.2, 0.25) is 0 Å². The van der Waals surface area contributed by atoms with E-state index in [9.17, 15) is 8.42 Å². The van der Waals surface area contributed by atoms with Crippen LogP contribution >= 0.6 is 27.3 Å². The van der Waals surface area contributed by atoms with Gasteiger partial charge in [-0.2, -0.15) is 0 Å². The normalized spacial score (nSPS) is 11.9. The standard InChI is InChI=1S/C8H13BrN2O2S2/c9-8-4-7(6-14-8)5-11-2-1-3-15(10,12)13/h4,6,11H,1-3,5H2,(H2,10,12,13). The lowest BCUT2D eigenvalue weighted by molar-refractivity contribution is 0.590. The van der Waals surface area contributed by atoms with Gasteiger partial charge in [-0.3, -0.25) is 0 Å². The molecule has 0 fully saturated rings. The Kier molecular flexibility index (Phi) is 5.20. The molecule has 0 aromatic carbocycles. The van der Waals surface area contributed by atoms with Crippen LogP contribution in [0, 0.1) is 0 Å². The van der Waals surface area contributed by atoms with Crippen molar-refractivity contribution < 1.29 is 8.42 Å². The molecule has 0 radical (unpaired) electrons. The summed E-state index contributed by atoms with van der Waals surface area (Å²) in [5.74, 6) is 0.0351. The second-order valence-electron chi connectivity index (χ2n) is 3.16. The molecule has 4 nitrogen and oxygen atoms in total. The summed E-state index contributed by atoms with van der Waals surface area (Å²) < 4.78 is 22.3. The Bertz CT molecular complexity index is 403. The van der Waals surface area contributed by atoms with Gasteiger partial charge in [-0.05, 0) is 45.9 Å². The van der Waals surface area contributed by atoms with E-state index in [1.807, 2.05) is 6.07 Å². The van der Waals surface area contributed by atoms with Gasteiger partial charge < -0.3 is 5.32 Å². The molecule has 7 heteroatoms. The van der Waals surface area contributed by atoms with Crippen molar-refractivity contribution in [2.45, 2.75) is 13.0 Å². The quantitative estimate of drug-likeness (QED) is 0.777. The minimum absolute atomic E-state index is 0.0351.